The Bertz CT molecular complexity index is 1190. The number of rotatable bonds is 6. The maximum Gasteiger partial charge on any atom is 0.119 e. The fraction of sp³-hybridized carbons (Fsp3) is 0.367. The van der Waals surface area contributed by atoms with Crippen LogP contribution in [-0.2, 0) is 6.54 Å². The molecule has 0 aliphatic carbocycles. The average Bonchev–Trinajstić information content (AvgIpc) is 2.89. The molecule has 180 valence electrons. The maximum atomic E-state index is 10.3. The first-order chi connectivity index (χ1) is 17.2. The average molecular weight is 468 g/mol. The Hall–Kier alpha value is -3.17. The molecule has 5 nitrogen and oxygen atoms in total. The van der Waals surface area contributed by atoms with Crippen LogP contribution in [0.25, 0.3) is 11.1 Å². The fourth-order valence-electron chi connectivity index (χ4n) is 5.85. The van der Waals surface area contributed by atoms with Crippen LogP contribution in [0, 0.1) is 11.3 Å². The summed E-state index contributed by atoms with van der Waals surface area (Å²) in [5.74, 6) is 1.21. The highest BCUT2D eigenvalue weighted by molar-refractivity contribution is 5.65. The van der Waals surface area contributed by atoms with Gasteiger partial charge in [-0.1, -0.05) is 48.5 Å². The normalized spacial score (nSPS) is 22.8. The van der Waals surface area contributed by atoms with Gasteiger partial charge < -0.3 is 9.84 Å². The Labute approximate surface area is 208 Å². The molecule has 2 heterocycles. The van der Waals surface area contributed by atoms with Crippen molar-refractivity contribution in [3.05, 3.63) is 89.5 Å². The third-order valence-corrected chi connectivity index (χ3v) is 7.61. The van der Waals surface area contributed by atoms with Crippen molar-refractivity contribution in [3.8, 4) is 22.9 Å². The molecular weight excluding hydrogens is 434 g/mol. The van der Waals surface area contributed by atoms with Gasteiger partial charge in [0.25, 0.3) is 0 Å². The summed E-state index contributed by atoms with van der Waals surface area (Å²) in [5.41, 5.74) is 5.40. The number of ether oxygens (including phenoxy) is 1. The van der Waals surface area contributed by atoms with Crippen LogP contribution in [-0.4, -0.2) is 60.3 Å². The van der Waals surface area contributed by atoms with E-state index in [-0.39, 0.29) is 12.6 Å². The van der Waals surface area contributed by atoms with Gasteiger partial charge in [0.05, 0.1) is 25.3 Å². The lowest BCUT2D eigenvalue weighted by Crippen LogP contribution is -2.67. The van der Waals surface area contributed by atoms with Crippen molar-refractivity contribution >= 4 is 0 Å². The summed E-state index contributed by atoms with van der Waals surface area (Å²) >= 11 is 0. The van der Waals surface area contributed by atoms with E-state index in [1.807, 2.05) is 30.3 Å². The number of nitrogens with zero attached hydrogens (tertiary/aromatic N) is 3. The van der Waals surface area contributed by atoms with Crippen molar-refractivity contribution in [1.82, 2.24) is 9.80 Å². The van der Waals surface area contributed by atoms with Crippen LogP contribution >= 0.6 is 0 Å². The van der Waals surface area contributed by atoms with E-state index in [1.165, 1.54) is 17.5 Å². The second kappa shape index (κ2) is 10.6. The molecule has 0 spiro atoms. The van der Waals surface area contributed by atoms with Gasteiger partial charge in [0, 0.05) is 31.1 Å². The van der Waals surface area contributed by atoms with E-state index in [2.05, 4.69) is 58.3 Å². The predicted molar refractivity (Wildman–Crippen MR) is 138 cm³/mol. The van der Waals surface area contributed by atoms with Gasteiger partial charge in [0.2, 0.25) is 0 Å². The lowest BCUT2D eigenvalue weighted by atomic mass is 9.74. The molecule has 35 heavy (non-hydrogen) atoms. The van der Waals surface area contributed by atoms with E-state index in [1.54, 1.807) is 7.11 Å². The molecule has 0 amide bonds. The van der Waals surface area contributed by atoms with E-state index in [0.29, 0.717) is 17.5 Å². The largest absolute Gasteiger partial charge is 0.497 e. The van der Waals surface area contributed by atoms with Gasteiger partial charge in [-0.2, -0.15) is 5.26 Å². The summed E-state index contributed by atoms with van der Waals surface area (Å²) in [4.78, 5) is 5.08. The Morgan fingerprint density at radius 2 is 1.77 bits per heavy atom. The summed E-state index contributed by atoms with van der Waals surface area (Å²) < 4.78 is 5.43. The van der Waals surface area contributed by atoms with Crippen LogP contribution in [0.5, 0.6) is 5.75 Å². The van der Waals surface area contributed by atoms with Crippen molar-refractivity contribution in [2.75, 3.05) is 33.4 Å². The standard InChI is InChI=1S/C30H33N3O2/c1-35-27-9-5-7-23(17-27)19-32-14-2-3-15-33-28(20-32)30(29(33)21-34)25-12-10-24(11-13-25)26-8-4-6-22(16-26)18-31/h4-13,16-17,28-30,34H,2-3,14-15,19-21H2,1H3/t28-,29+,30+/m0/s1. The molecule has 0 saturated carbocycles. The van der Waals surface area contributed by atoms with Crippen molar-refractivity contribution in [2.45, 2.75) is 37.4 Å². The third kappa shape index (κ3) is 4.97. The molecular formula is C30H33N3O2. The number of aliphatic hydroxyl groups is 1. The molecule has 2 fully saturated rings. The van der Waals surface area contributed by atoms with Crippen LogP contribution < -0.4 is 4.74 Å². The lowest BCUT2D eigenvalue weighted by Gasteiger charge is -2.57. The summed E-state index contributed by atoms with van der Waals surface area (Å²) in [5, 5.41) is 19.5. The summed E-state index contributed by atoms with van der Waals surface area (Å²) in [6.07, 6.45) is 2.33. The lowest BCUT2D eigenvalue weighted by molar-refractivity contribution is -0.0655. The number of fused-ring (bicyclic) bond motifs is 1. The molecule has 2 aliphatic rings. The highest BCUT2D eigenvalue weighted by atomic mass is 16.5. The van der Waals surface area contributed by atoms with Gasteiger partial charge in [-0.05, 0) is 72.5 Å². The summed E-state index contributed by atoms with van der Waals surface area (Å²) in [6.45, 7) is 4.23. The summed E-state index contributed by atoms with van der Waals surface area (Å²) in [6, 6.07) is 27.6. The third-order valence-electron chi connectivity index (χ3n) is 7.61. The van der Waals surface area contributed by atoms with E-state index in [9.17, 15) is 10.4 Å². The predicted octanol–water partition coefficient (Wildman–Crippen LogP) is 4.66. The number of aliphatic hydroxyl groups excluding tert-OH is 1. The Morgan fingerprint density at radius 3 is 2.54 bits per heavy atom. The van der Waals surface area contributed by atoms with E-state index < -0.39 is 0 Å². The zero-order chi connectivity index (χ0) is 24.2. The molecule has 0 aromatic heterocycles. The second-order valence-corrected chi connectivity index (χ2v) is 9.69. The molecule has 2 saturated heterocycles. The maximum absolute atomic E-state index is 10.3. The molecule has 3 aromatic carbocycles. The van der Waals surface area contributed by atoms with E-state index in [0.717, 1.165) is 49.5 Å². The van der Waals surface area contributed by atoms with Crippen molar-refractivity contribution < 1.29 is 9.84 Å². The first-order valence-corrected chi connectivity index (χ1v) is 12.5. The van der Waals surface area contributed by atoms with Crippen molar-refractivity contribution in [1.29, 1.82) is 5.26 Å². The molecule has 1 N–H and O–H groups in total. The van der Waals surface area contributed by atoms with Crippen LogP contribution in [0.3, 0.4) is 0 Å². The number of benzene rings is 3. The Morgan fingerprint density at radius 1 is 0.971 bits per heavy atom. The molecule has 2 aliphatic heterocycles. The van der Waals surface area contributed by atoms with E-state index >= 15 is 0 Å². The van der Waals surface area contributed by atoms with Crippen molar-refractivity contribution in [3.63, 3.8) is 0 Å². The van der Waals surface area contributed by atoms with Crippen LogP contribution in [0.2, 0.25) is 0 Å². The molecule has 0 radical (unpaired) electrons. The quantitative estimate of drug-likeness (QED) is 0.572. The second-order valence-electron chi connectivity index (χ2n) is 9.69. The molecule has 0 unspecified atom stereocenters. The highest BCUT2D eigenvalue weighted by Crippen LogP contribution is 2.42. The Kier molecular flexibility index (Phi) is 7.15. The first-order valence-electron chi connectivity index (χ1n) is 12.5. The minimum Gasteiger partial charge on any atom is -0.497 e. The molecule has 3 aromatic rings. The number of hydrogen-bond acceptors (Lipinski definition) is 5. The highest BCUT2D eigenvalue weighted by Gasteiger charge is 2.49. The molecule has 3 atom stereocenters. The fourth-order valence-corrected chi connectivity index (χ4v) is 5.85. The van der Waals surface area contributed by atoms with Gasteiger partial charge in [-0.3, -0.25) is 9.80 Å². The van der Waals surface area contributed by atoms with Gasteiger partial charge in [0.1, 0.15) is 5.75 Å². The Balaban J connectivity index is 1.35. The summed E-state index contributed by atoms with van der Waals surface area (Å²) in [7, 11) is 1.71. The zero-order valence-electron chi connectivity index (χ0n) is 20.3. The van der Waals surface area contributed by atoms with Gasteiger partial charge in [-0.15, -0.1) is 0 Å². The van der Waals surface area contributed by atoms with Crippen molar-refractivity contribution in [2.24, 2.45) is 0 Å². The smallest absolute Gasteiger partial charge is 0.119 e. The number of hydrogen-bond donors (Lipinski definition) is 1. The minimum atomic E-state index is 0.171. The molecule has 5 heteroatoms. The number of nitriles is 1. The minimum absolute atomic E-state index is 0.171. The van der Waals surface area contributed by atoms with Crippen LogP contribution in [0.1, 0.15) is 35.4 Å². The molecule has 5 rings (SSSR count). The van der Waals surface area contributed by atoms with Gasteiger partial charge in [-0.25, -0.2) is 0 Å². The molecule has 0 bridgehead atoms. The topological polar surface area (TPSA) is 59.7 Å². The van der Waals surface area contributed by atoms with Gasteiger partial charge in [0.15, 0.2) is 0 Å². The SMILES string of the molecule is COc1cccc(CN2CCCCN3[C@H](CO)[C@H](c4ccc(-c5cccc(C#N)c5)cc4)[C@@H]3C2)c1. The van der Waals surface area contributed by atoms with E-state index in [4.69, 9.17) is 4.74 Å². The number of methoxy groups -OCH3 is 1. The van der Waals surface area contributed by atoms with Gasteiger partial charge >= 0.3 is 0 Å². The monoisotopic (exact) mass is 467 g/mol. The van der Waals surface area contributed by atoms with Crippen LogP contribution in [0.15, 0.2) is 72.8 Å². The first kappa shape index (κ1) is 23.6. The van der Waals surface area contributed by atoms with Crippen LogP contribution in [0.4, 0.5) is 0 Å². The zero-order valence-corrected chi connectivity index (χ0v) is 20.3.